The molecule has 0 radical (unpaired) electrons. The Hall–Kier alpha value is -1.71. The van der Waals surface area contributed by atoms with Crippen LogP contribution in [0.5, 0.6) is 11.5 Å². The van der Waals surface area contributed by atoms with Gasteiger partial charge in [0.1, 0.15) is 18.1 Å². The second-order valence-electron chi connectivity index (χ2n) is 3.80. The number of methoxy groups -OCH3 is 1. The van der Waals surface area contributed by atoms with Crippen LogP contribution < -0.4 is 14.8 Å². The fourth-order valence-corrected chi connectivity index (χ4v) is 1.87. The number of amides is 1. The van der Waals surface area contributed by atoms with Crippen LogP contribution in [0.4, 0.5) is 0 Å². The molecule has 1 aromatic rings. The highest BCUT2D eigenvalue weighted by Gasteiger charge is 2.25. The molecule has 1 amide bonds. The van der Waals surface area contributed by atoms with Crippen LogP contribution in [0, 0.1) is 5.92 Å². The van der Waals surface area contributed by atoms with Crippen molar-refractivity contribution < 1.29 is 14.3 Å². The van der Waals surface area contributed by atoms with Crippen LogP contribution in [0.2, 0.25) is 0 Å². The minimum Gasteiger partial charge on any atom is -0.497 e. The van der Waals surface area contributed by atoms with Crippen LogP contribution in [0.15, 0.2) is 18.2 Å². The summed E-state index contributed by atoms with van der Waals surface area (Å²) in [6.07, 6.45) is 0.701. The van der Waals surface area contributed by atoms with Gasteiger partial charge < -0.3 is 14.8 Å². The van der Waals surface area contributed by atoms with E-state index in [1.165, 1.54) is 0 Å². The molecule has 1 aliphatic heterocycles. The minimum atomic E-state index is -0.107. The zero-order valence-corrected chi connectivity index (χ0v) is 9.45. The zero-order valence-electron chi connectivity index (χ0n) is 9.45. The normalized spacial score (nSPS) is 18.2. The number of hydrogen-bond acceptors (Lipinski definition) is 3. The second kappa shape index (κ2) is 4.43. The summed E-state index contributed by atoms with van der Waals surface area (Å²) in [4.78, 5) is 11.5. The van der Waals surface area contributed by atoms with Crippen molar-refractivity contribution in [2.75, 3.05) is 20.8 Å². The molecule has 4 heteroatoms. The first-order valence-corrected chi connectivity index (χ1v) is 5.26. The smallest absolute Gasteiger partial charge is 0.226 e. The molecule has 4 nitrogen and oxygen atoms in total. The molecule has 0 saturated heterocycles. The molecule has 2 rings (SSSR count). The Morgan fingerprint density at radius 3 is 3.06 bits per heavy atom. The third-order valence-corrected chi connectivity index (χ3v) is 2.79. The molecule has 0 aliphatic carbocycles. The molecule has 1 N–H and O–H groups in total. The van der Waals surface area contributed by atoms with Crippen molar-refractivity contribution >= 4 is 5.91 Å². The first-order chi connectivity index (χ1) is 7.74. The largest absolute Gasteiger partial charge is 0.497 e. The molecule has 1 aromatic carbocycles. The van der Waals surface area contributed by atoms with Crippen molar-refractivity contribution in [2.45, 2.75) is 6.42 Å². The van der Waals surface area contributed by atoms with Gasteiger partial charge in [-0.25, -0.2) is 0 Å². The summed E-state index contributed by atoms with van der Waals surface area (Å²) in [5, 5.41) is 2.64. The topological polar surface area (TPSA) is 47.6 Å². The van der Waals surface area contributed by atoms with Gasteiger partial charge in [-0.2, -0.15) is 0 Å². The number of carbonyl (C=O) groups is 1. The maximum Gasteiger partial charge on any atom is 0.226 e. The summed E-state index contributed by atoms with van der Waals surface area (Å²) in [5.41, 5.74) is 1.03. The van der Waals surface area contributed by atoms with E-state index in [-0.39, 0.29) is 11.8 Å². The number of fused-ring (bicyclic) bond motifs is 1. The van der Waals surface area contributed by atoms with Gasteiger partial charge in [0, 0.05) is 7.05 Å². The first kappa shape index (κ1) is 10.8. The SMILES string of the molecule is CNC(=O)[C@@H]1COc2ccc(OC)cc2C1. The molecule has 0 spiro atoms. The molecule has 1 aliphatic rings. The van der Waals surface area contributed by atoms with Crippen molar-refractivity contribution in [1.29, 1.82) is 0 Å². The lowest BCUT2D eigenvalue weighted by molar-refractivity contribution is -0.125. The number of hydrogen-bond donors (Lipinski definition) is 1. The van der Waals surface area contributed by atoms with E-state index < -0.39 is 0 Å². The van der Waals surface area contributed by atoms with Crippen LogP contribution in [0.3, 0.4) is 0 Å². The quantitative estimate of drug-likeness (QED) is 0.810. The van der Waals surface area contributed by atoms with Gasteiger partial charge in [0.25, 0.3) is 0 Å². The van der Waals surface area contributed by atoms with Crippen LogP contribution >= 0.6 is 0 Å². The highest BCUT2D eigenvalue weighted by molar-refractivity contribution is 5.79. The Balaban J connectivity index is 2.21. The summed E-state index contributed by atoms with van der Waals surface area (Å²) < 4.78 is 10.7. The number of rotatable bonds is 2. The predicted molar refractivity (Wildman–Crippen MR) is 59.7 cm³/mol. The molecule has 0 saturated carbocycles. The lowest BCUT2D eigenvalue weighted by atomic mass is 9.96. The minimum absolute atomic E-state index is 0.0217. The fraction of sp³-hybridized carbons (Fsp3) is 0.417. The van der Waals surface area contributed by atoms with Crippen molar-refractivity contribution in [3.8, 4) is 11.5 Å². The number of ether oxygens (including phenoxy) is 2. The van der Waals surface area contributed by atoms with E-state index in [0.717, 1.165) is 17.1 Å². The molecule has 86 valence electrons. The van der Waals surface area contributed by atoms with E-state index in [0.29, 0.717) is 13.0 Å². The average Bonchev–Trinajstić information content (AvgIpc) is 2.36. The summed E-state index contributed by atoms with van der Waals surface area (Å²) >= 11 is 0. The lowest BCUT2D eigenvalue weighted by Crippen LogP contribution is -2.35. The first-order valence-electron chi connectivity index (χ1n) is 5.26. The summed E-state index contributed by atoms with van der Waals surface area (Å²) in [6, 6.07) is 5.66. The standard InChI is InChI=1S/C12H15NO3/c1-13-12(14)9-5-8-6-10(15-2)3-4-11(8)16-7-9/h3-4,6,9H,5,7H2,1-2H3,(H,13,14)/t9-/m0/s1. The molecule has 1 heterocycles. The summed E-state index contributed by atoms with van der Waals surface area (Å²) in [7, 11) is 3.27. The highest BCUT2D eigenvalue weighted by Crippen LogP contribution is 2.30. The Morgan fingerprint density at radius 2 is 2.38 bits per heavy atom. The number of nitrogens with one attached hydrogen (secondary N) is 1. The third-order valence-electron chi connectivity index (χ3n) is 2.79. The van der Waals surface area contributed by atoms with Gasteiger partial charge in [0.15, 0.2) is 0 Å². The Labute approximate surface area is 94.6 Å². The van der Waals surface area contributed by atoms with Gasteiger partial charge >= 0.3 is 0 Å². The Morgan fingerprint density at radius 1 is 1.56 bits per heavy atom. The van der Waals surface area contributed by atoms with Crippen molar-refractivity contribution in [1.82, 2.24) is 5.32 Å². The molecular formula is C12H15NO3. The van der Waals surface area contributed by atoms with Gasteiger partial charge in [-0.05, 0) is 30.2 Å². The maximum atomic E-state index is 11.5. The van der Waals surface area contributed by atoms with Crippen molar-refractivity contribution in [3.63, 3.8) is 0 Å². The lowest BCUT2D eigenvalue weighted by Gasteiger charge is -2.24. The average molecular weight is 221 g/mol. The Bertz CT molecular complexity index is 403. The third kappa shape index (κ3) is 1.96. The van der Waals surface area contributed by atoms with Crippen molar-refractivity contribution in [3.05, 3.63) is 23.8 Å². The van der Waals surface area contributed by atoms with Gasteiger partial charge in [0.05, 0.1) is 13.0 Å². The summed E-state index contributed by atoms with van der Waals surface area (Å²) in [5.74, 6) is 1.55. The van der Waals surface area contributed by atoms with E-state index in [9.17, 15) is 4.79 Å². The monoisotopic (exact) mass is 221 g/mol. The molecule has 0 fully saturated rings. The molecule has 0 unspecified atom stereocenters. The predicted octanol–water partition coefficient (Wildman–Crippen LogP) is 0.992. The molecule has 1 atom stereocenters. The van der Waals surface area contributed by atoms with E-state index in [1.54, 1.807) is 14.2 Å². The van der Waals surface area contributed by atoms with E-state index in [2.05, 4.69) is 5.32 Å². The number of benzene rings is 1. The second-order valence-corrected chi connectivity index (χ2v) is 3.80. The van der Waals surface area contributed by atoms with Gasteiger partial charge in [0.2, 0.25) is 5.91 Å². The Kier molecular flexibility index (Phi) is 2.99. The zero-order chi connectivity index (χ0) is 11.5. The molecule has 0 bridgehead atoms. The van der Waals surface area contributed by atoms with Gasteiger partial charge in [-0.15, -0.1) is 0 Å². The van der Waals surface area contributed by atoms with Crippen LogP contribution in [0.25, 0.3) is 0 Å². The molecular weight excluding hydrogens is 206 g/mol. The van der Waals surface area contributed by atoms with Gasteiger partial charge in [-0.1, -0.05) is 0 Å². The fourth-order valence-electron chi connectivity index (χ4n) is 1.87. The van der Waals surface area contributed by atoms with Crippen LogP contribution in [0.1, 0.15) is 5.56 Å². The van der Waals surface area contributed by atoms with Gasteiger partial charge in [-0.3, -0.25) is 4.79 Å². The van der Waals surface area contributed by atoms with E-state index >= 15 is 0 Å². The van der Waals surface area contributed by atoms with E-state index in [4.69, 9.17) is 9.47 Å². The summed E-state index contributed by atoms with van der Waals surface area (Å²) in [6.45, 7) is 0.443. The highest BCUT2D eigenvalue weighted by atomic mass is 16.5. The molecule has 16 heavy (non-hydrogen) atoms. The van der Waals surface area contributed by atoms with Crippen LogP contribution in [-0.4, -0.2) is 26.7 Å². The van der Waals surface area contributed by atoms with Crippen LogP contribution in [-0.2, 0) is 11.2 Å². The van der Waals surface area contributed by atoms with E-state index in [1.807, 2.05) is 18.2 Å². The molecule has 0 aromatic heterocycles. The number of carbonyl (C=O) groups excluding carboxylic acids is 1. The maximum absolute atomic E-state index is 11.5. The van der Waals surface area contributed by atoms with Crippen molar-refractivity contribution in [2.24, 2.45) is 5.92 Å².